The monoisotopic (exact) mass is 121 g/mol. The Bertz CT molecular complexity index is 168. The lowest BCUT2D eigenvalue weighted by atomic mass is 10.8. The van der Waals surface area contributed by atoms with Crippen molar-refractivity contribution in [3.05, 3.63) is 0 Å². The average molecular weight is 121 g/mol. The van der Waals surface area contributed by atoms with E-state index in [0.29, 0.717) is 13.2 Å². The van der Waals surface area contributed by atoms with Crippen LogP contribution in [0.15, 0.2) is 4.36 Å². The lowest BCUT2D eigenvalue weighted by Gasteiger charge is -1.88. The van der Waals surface area contributed by atoms with Gasteiger partial charge in [0.05, 0.1) is 13.2 Å². The van der Waals surface area contributed by atoms with Crippen LogP contribution in [0.4, 0.5) is 0 Å². The van der Waals surface area contributed by atoms with Crippen LogP contribution >= 0.6 is 0 Å². The van der Waals surface area contributed by atoms with Gasteiger partial charge < -0.3 is 0 Å². The topological polar surface area (TPSA) is 38.7 Å². The second-order valence-electron chi connectivity index (χ2n) is 1.41. The molecule has 0 fully saturated rings. The Morgan fingerprint density at radius 3 is 2.71 bits per heavy atom. The van der Waals surface area contributed by atoms with Gasteiger partial charge in [-0.2, -0.15) is 0 Å². The van der Waals surface area contributed by atoms with Crippen LogP contribution in [-0.2, 0) is 14.2 Å². The summed E-state index contributed by atoms with van der Waals surface area (Å²) in [5.41, 5.74) is 0. The van der Waals surface area contributed by atoms with Gasteiger partial charge in [-0.25, -0.2) is 8.57 Å². The maximum absolute atomic E-state index is 10.6. The van der Waals surface area contributed by atoms with E-state index >= 15 is 0 Å². The van der Waals surface area contributed by atoms with Crippen LogP contribution in [0.25, 0.3) is 0 Å². The SMILES string of the molecule is CS1(=O)=NCCO1. The minimum atomic E-state index is -2.17. The van der Waals surface area contributed by atoms with Gasteiger partial charge in [-0.3, -0.25) is 4.18 Å². The summed E-state index contributed by atoms with van der Waals surface area (Å²) in [7, 11) is -2.17. The number of hydrogen-bond donors (Lipinski definition) is 0. The molecule has 0 aliphatic carbocycles. The van der Waals surface area contributed by atoms with Crippen molar-refractivity contribution >= 4 is 10.0 Å². The third-order valence-electron chi connectivity index (χ3n) is 0.719. The molecule has 0 aromatic carbocycles. The molecule has 1 aliphatic rings. The molecule has 7 heavy (non-hydrogen) atoms. The van der Waals surface area contributed by atoms with Gasteiger partial charge in [-0.05, 0) is 0 Å². The summed E-state index contributed by atoms with van der Waals surface area (Å²) < 4.78 is 19.0. The normalized spacial score (nSPS) is 40.7. The molecule has 4 heteroatoms. The van der Waals surface area contributed by atoms with Gasteiger partial charge in [0.1, 0.15) is 0 Å². The Balaban J connectivity index is 2.90. The van der Waals surface area contributed by atoms with Crippen LogP contribution in [-0.4, -0.2) is 23.6 Å². The third-order valence-corrected chi connectivity index (χ3v) is 1.97. The molecule has 3 nitrogen and oxygen atoms in total. The first kappa shape index (κ1) is 5.05. The number of rotatable bonds is 0. The van der Waals surface area contributed by atoms with E-state index in [9.17, 15) is 4.21 Å². The molecule has 1 rings (SSSR count). The quantitative estimate of drug-likeness (QED) is 0.453. The largest absolute Gasteiger partial charge is 0.283 e. The summed E-state index contributed by atoms with van der Waals surface area (Å²) >= 11 is 0. The van der Waals surface area contributed by atoms with Crippen molar-refractivity contribution < 1.29 is 8.39 Å². The first-order chi connectivity index (χ1) is 3.21. The predicted octanol–water partition coefficient (Wildman–Crippen LogP) is 0.0294. The van der Waals surface area contributed by atoms with Crippen molar-refractivity contribution in [2.24, 2.45) is 4.36 Å². The Morgan fingerprint density at radius 2 is 2.57 bits per heavy atom. The molecule has 0 radical (unpaired) electrons. The molecule has 1 unspecified atom stereocenters. The Morgan fingerprint density at radius 1 is 1.86 bits per heavy atom. The number of nitrogens with zero attached hydrogens (tertiary/aromatic N) is 1. The van der Waals surface area contributed by atoms with E-state index in [1.807, 2.05) is 0 Å². The molecule has 0 spiro atoms. The van der Waals surface area contributed by atoms with Crippen LogP contribution in [0.5, 0.6) is 0 Å². The second-order valence-corrected chi connectivity index (χ2v) is 3.37. The van der Waals surface area contributed by atoms with E-state index in [4.69, 9.17) is 4.18 Å². The van der Waals surface area contributed by atoms with Gasteiger partial charge >= 0.3 is 0 Å². The van der Waals surface area contributed by atoms with Crippen molar-refractivity contribution in [1.29, 1.82) is 0 Å². The molecule has 1 heterocycles. The van der Waals surface area contributed by atoms with Crippen molar-refractivity contribution in [3.8, 4) is 0 Å². The van der Waals surface area contributed by atoms with E-state index in [1.54, 1.807) is 0 Å². The highest BCUT2D eigenvalue weighted by Gasteiger charge is 2.05. The summed E-state index contributed by atoms with van der Waals surface area (Å²) in [6.07, 6.45) is 1.50. The molecule has 0 bridgehead atoms. The van der Waals surface area contributed by atoms with Gasteiger partial charge in [0.15, 0.2) is 10.0 Å². The first-order valence-corrected chi connectivity index (χ1v) is 3.88. The fourth-order valence-electron chi connectivity index (χ4n) is 0.432. The fraction of sp³-hybridized carbons (Fsp3) is 1.00. The molecule has 0 aromatic rings. The van der Waals surface area contributed by atoms with Crippen LogP contribution in [0.1, 0.15) is 0 Å². The van der Waals surface area contributed by atoms with Crippen molar-refractivity contribution in [2.75, 3.05) is 19.4 Å². The zero-order valence-corrected chi connectivity index (χ0v) is 4.90. The van der Waals surface area contributed by atoms with Gasteiger partial charge in [0.2, 0.25) is 0 Å². The molecule has 1 aliphatic heterocycles. The Kier molecular flexibility index (Phi) is 1.05. The average Bonchev–Trinajstić information content (AvgIpc) is 1.84. The summed E-state index contributed by atoms with van der Waals surface area (Å²) in [5.74, 6) is 0. The fourth-order valence-corrected chi connectivity index (χ4v) is 1.30. The second kappa shape index (κ2) is 1.45. The predicted molar refractivity (Wildman–Crippen MR) is 27.3 cm³/mol. The number of hydrogen-bond acceptors (Lipinski definition) is 3. The molecule has 0 saturated heterocycles. The highest BCUT2D eigenvalue weighted by molar-refractivity contribution is 7.88. The van der Waals surface area contributed by atoms with Gasteiger partial charge in [-0.15, -0.1) is 0 Å². The van der Waals surface area contributed by atoms with Crippen molar-refractivity contribution in [3.63, 3.8) is 0 Å². The zero-order chi connectivity index (χ0) is 5.33. The smallest absolute Gasteiger partial charge is 0.160 e. The molecule has 0 aromatic heterocycles. The Hall–Kier alpha value is -0.0900. The minimum absolute atomic E-state index is 0.523. The van der Waals surface area contributed by atoms with E-state index < -0.39 is 10.0 Å². The third kappa shape index (κ3) is 1.14. The maximum atomic E-state index is 10.6. The summed E-state index contributed by atoms with van der Waals surface area (Å²) in [6.45, 7) is 1.12. The van der Waals surface area contributed by atoms with Crippen molar-refractivity contribution in [1.82, 2.24) is 0 Å². The molecule has 1 atom stereocenters. The molecular weight excluding hydrogens is 114 g/mol. The highest BCUT2D eigenvalue weighted by atomic mass is 32.2. The standard InChI is InChI=1S/C3H7NO2S/c1-7(5)4-2-3-6-7/h2-3H2,1H3. The van der Waals surface area contributed by atoms with Crippen LogP contribution in [0, 0.1) is 0 Å². The van der Waals surface area contributed by atoms with Crippen LogP contribution in [0.3, 0.4) is 0 Å². The zero-order valence-electron chi connectivity index (χ0n) is 4.09. The molecular formula is C3H7NO2S. The summed E-state index contributed by atoms with van der Waals surface area (Å²) in [4.78, 5) is 0. The van der Waals surface area contributed by atoms with Gasteiger partial charge in [0.25, 0.3) is 0 Å². The minimum Gasteiger partial charge on any atom is -0.283 e. The lowest BCUT2D eigenvalue weighted by Crippen LogP contribution is -1.93. The first-order valence-electron chi connectivity index (χ1n) is 2.03. The van der Waals surface area contributed by atoms with E-state index in [2.05, 4.69) is 4.36 Å². The molecule has 0 amide bonds. The van der Waals surface area contributed by atoms with E-state index in [1.165, 1.54) is 6.26 Å². The van der Waals surface area contributed by atoms with E-state index in [-0.39, 0.29) is 0 Å². The lowest BCUT2D eigenvalue weighted by molar-refractivity contribution is 0.380. The summed E-state index contributed by atoms with van der Waals surface area (Å²) in [6, 6.07) is 0. The molecule has 0 N–H and O–H groups in total. The van der Waals surface area contributed by atoms with Gasteiger partial charge in [0, 0.05) is 6.26 Å². The van der Waals surface area contributed by atoms with Crippen molar-refractivity contribution in [2.45, 2.75) is 0 Å². The van der Waals surface area contributed by atoms with Crippen LogP contribution < -0.4 is 0 Å². The van der Waals surface area contributed by atoms with Gasteiger partial charge in [-0.1, -0.05) is 0 Å². The summed E-state index contributed by atoms with van der Waals surface area (Å²) in [5, 5.41) is 0. The Labute approximate surface area is 43.1 Å². The molecule has 42 valence electrons. The maximum Gasteiger partial charge on any atom is 0.160 e. The highest BCUT2D eigenvalue weighted by Crippen LogP contribution is 2.00. The van der Waals surface area contributed by atoms with E-state index in [0.717, 1.165) is 0 Å². The molecule has 0 saturated carbocycles. The van der Waals surface area contributed by atoms with Crippen LogP contribution in [0.2, 0.25) is 0 Å².